The van der Waals surface area contributed by atoms with Crippen LogP contribution in [0.25, 0.3) is 0 Å². The van der Waals surface area contributed by atoms with Crippen LogP contribution in [0.5, 0.6) is 5.75 Å². The molecule has 0 spiro atoms. The number of hydrogen-bond donors (Lipinski definition) is 1. The van der Waals surface area contributed by atoms with Gasteiger partial charge in [-0.15, -0.1) is 0 Å². The highest BCUT2D eigenvalue weighted by atomic mass is 28.3. The Morgan fingerprint density at radius 3 is 2.38 bits per heavy atom. The maximum Gasteiger partial charge on any atom is 0.311 e. The molecule has 1 N–H and O–H groups in total. The number of nitro groups is 1. The number of nitro benzene ring substituents is 1. The first-order chi connectivity index (χ1) is 11.2. The fourth-order valence-electron chi connectivity index (χ4n) is 1.84. The predicted octanol–water partition coefficient (Wildman–Crippen LogP) is 2.85. The molecule has 1 aromatic rings. The van der Waals surface area contributed by atoms with Crippen molar-refractivity contribution in [2.24, 2.45) is 5.92 Å². The first-order valence-electron chi connectivity index (χ1n) is 7.87. The minimum absolute atomic E-state index is 0.0124. The van der Waals surface area contributed by atoms with Crippen LogP contribution in [0.15, 0.2) is 24.3 Å². The van der Waals surface area contributed by atoms with Gasteiger partial charge in [-0.2, -0.15) is 0 Å². The van der Waals surface area contributed by atoms with Crippen molar-refractivity contribution in [1.29, 1.82) is 0 Å². The molecule has 0 saturated heterocycles. The second kappa shape index (κ2) is 9.38. The summed E-state index contributed by atoms with van der Waals surface area (Å²) >= 11 is 0. The van der Waals surface area contributed by atoms with E-state index in [0.29, 0.717) is 18.8 Å². The minimum atomic E-state index is -1.26. The summed E-state index contributed by atoms with van der Waals surface area (Å²) in [5, 5.41) is 19.9. The second-order valence-electron chi connectivity index (χ2n) is 6.75. The topological polar surface area (TPSA) is 98.9 Å². The molecule has 0 aliphatic heterocycles. The first kappa shape index (κ1) is 20.1. The first-order valence-corrected chi connectivity index (χ1v) is 11.6. The molecule has 1 rings (SSSR count). The van der Waals surface area contributed by atoms with E-state index in [0.717, 1.165) is 6.04 Å². The zero-order chi connectivity index (χ0) is 18.2. The molecule has 8 heteroatoms. The van der Waals surface area contributed by atoms with Crippen LogP contribution in [0.4, 0.5) is 5.69 Å². The summed E-state index contributed by atoms with van der Waals surface area (Å²) < 4.78 is 10.7. The summed E-state index contributed by atoms with van der Waals surface area (Å²) in [5.41, 5.74) is -0.0124. The molecule has 0 aliphatic rings. The lowest BCUT2D eigenvalue weighted by atomic mass is 10.1. The van der Waals surface area contributed by atoms with E-state index in [1.807, 2.05) is 0 Å². The lowest BCUT2D eigenvalue weighted by Gasteiger charge is -2.18. The van der Waals surface area contributed by atoms with Crippen molar-refractivity contribution in [3.63, 3.8) is 0 Å². The molecule has 24 heavy (non-hydrogen) atoms. The summed E-state index contributed by atoms with van der Waals surface area (Å²) in [4.78, 5) is 22.0. The van der Waals surface area contributed by atoms with Gasteiger partial charge >= 0.3 is 5.97 Å². The van der Waals surface area contributed by atoms with Crippen molar-refractivity contribution in [2.45, 2.75) is 32.1 Å². The minimum Gasteiger partial charge on any atom is -0.494 e. The highest BCUT2D eigenvalue weighted by Gasteiger charge is 2.21. The average Bonchev–Trinajstić information content (AvgIpc) is 2.50. The molecule has 0 radical (unpaired) electrons. The van der Waals surface area contributed by atoms with E-state index in [9.17, 15) is 20.0 Å². The van der Waals surface area contributed by atoms with Crippen molar-refractivity contribution in [3.05, 3.63) is 34.4 Å². The lowest BCUT2D eigenvalue weighted by molar-refractivity contribution is -0.384. The number of rotatable bonds is 10. The third-order valence-electron chi connectivity index (χ3n) is 3.43. The Kier molecular flexibility index (Phi) is 7.86. The van der Waals surface area contributed by atoms with Gasteiger partial charge in [0.15, 0.2) is 0 Å². The summed E-state index contributed by atoms with van der Waals surface area (Å²) in [6.07, 6.45) is 0.319. The van der Waals surface area contributed by atoms with Crippen LogP contribution in [0.2, 0.25) is 25.7 Å². The van der Waals surface area contributed by atoms with Crippen molar-refractivity contribution < 1.29 is 24.3 Å². The molecule has 0 heterocycles. The standard InChI is InChI=1S/C16H25NO6Si/c1-24(2,3)11-10-23-16(19)13(12-18)8-9-22-15-6-4-14(5-7-15)17(20)21/h4-7,13,18H,8-12H2,1-3H3/t13-/m1/s1. The van der Waals surface area contributed by atoms with E-state index >= 15 is 0 Å². The largest absolute Gasteiger partial charge is 0.494 e. The van der Waals surface area contributed by atoms with Crippen molar-refractivity contribution >= 4 is 19.7 Å². The molecule has 7 nitrogen and oxygen atoms in total. The molecule has 134 valence electrons. The van der Waals surface area contributed by atoms with E-state index in [4.69, 9.17) is 9.47 Å². The third-order valence-corrected chi connectivity index (χ3v) is 5.14. The van der Waals surface area contributed by atoms with Gasteiger partial charge in [0.05, 0.1) is 30.7 Å². The van der Waals surface area contributed by atoms with Crippen LogP contribution >= 0.6 is 0 Å². The molecular weight excluding hydrogens is 330 g/mol. The fraction of sp³-hybridized carbons (Fsp3) is 0.562. The number of carbonyl (C=O) groups excluding carboxylic acids is 1. The highest BCUT2D eigenvalue weighted by Crippen LogP contribution is 2.18. The molecule has 0 bridgehead atoms. The zero-order valence-corrected chi connectivity index (χ0v) is 15.4. The molecule has 0 saturated carbocycles. The number of carbonyl (C=O) groups is 1. The Morgan fingerprint density at radius 2 is 1.88 bits per heavy atom. The fourth-order valence-corrected chi connectivity index (χ4v) is 2.56. The number of non-ortho nitro benzene ring substituents is 1. The van der Waals surface area contributed by atoms with Crippen molar-refractivity contribution in [3.8, 4) is 5.75 Å². The Hall–Kier alpha value is -1.93. The monoisotopic (exact) mass is 355 g/mol. The van der Waals surface area contributed by atoms with Crippen LogP contribution in [0.3, 0.4) is 0 Å². The second-order valence-corrected chi connectivity index (χ2v) is 12.4. The Morgan fingerprint density at radius 1 is 1.25 bits per heavy atom. The number of ether oxygens (including phenoxy) is 2. The van der Waals surface area contributed by atoms with E-state index in [2.05, 4.69) is 19.6 Å². The van der Waals surface area contributed by atoms with E-state index in [-0.39, 0.29) is 18.9 Å². The molecule has 1 aromatic carbocycles. The maximum atomic E-state index is 11.9. The van der Waals surface area contributed by atoms with E-state index in [1.165, 1.54) is 24.3 Å². The normalized spacial score (nSPS) is 12.5. The van der Waals surface area contributed by atoms with Crippen molar-refractivity contribution in [1.82, 2.24) is 0 Å². The molecule has 1 atom stereocenters. The Labute approximate surface area is 142 Å². The lowest BCUT2D eigenvalue weighted by Crippen LogP contribution is -2.27. The summed E-state index contributed by atoms with van der Waals surface area (Å²) in [7, 11) is -1.26. The van der Waals surface area contributed by atoms with Gasteiger partial charge in [-0.25, -0.2) is 0 Å². The molecule has 0 fully saturated rings. The smallest absolute Gasteiger partial charge is 0.311 e. The molecular formula is C16H25NO6Si. The zero-order valence-electron chi connectivity index (χ0n) is 14.4. The predicted molar refractivity (Wildman–Crippen MR) is 92.9 cm³/mol. The maximum absolute atomic E-state index is 11.9. The molecule has 0 aliphatic carbocycles. The van der Waals surface area contributed by atoms with E-state index < -0.39 is 24.9 Å². The van der Waals surface area contributed by atoms with Gasteiger partial charge in [-0.3, -0.25) is 14.9 Å². The van der Waals surface area contributed by atoms with Gasteiger partial charge in [0.1, 0.15) is 5.75 Å². The van der Waals surface area contributed by atoms with Crippen LogP contribution in [-0.4, -0.2) is 43.9 Å². The molecule has 0 amide bonds. The van der Waals surface area contributed by atoms with Gasteiger partial charge in [-0.1, -0.05) is 19.6 Å². The van der Waals surface area contributed by atoms with Gasteiger partial charge in [0.25, 0.3) is 5.69 Å². The highest BCUT2D eigenvalue weighted by molar-refractivity contribution is 6.76. The SMILES string of the molecule is C[Si](C)(C)CCOC(=O)[C@@H](CO)CCOc1ccc([N+](=O)[O-])cc1. The van der Waals surface area contributed by atoms with E-state index in [1.54, 1.807) is 0 Å². The Bertz CT molecular complexity index is 540. The number of nitrogens with zero attached hydrogens (tertiary/aromatic N) is 1. The van der Waals surface area contributed by atoms with Crippen LogP contribution in [0, 0.1) is 16.0 Å². The number of benzene rings is 1. The number of esters is 1. The Balaban J connectivity index is 2.37. The quantitative estimate of drug-likeness (QED) is 0.300. The number of aliphatic hydroxyl groups is 1. The van der Waals surface area contributed by atoms with Gasteiger partial charge < -0.3 is 14.6 Å². The van der Waals surface area contributed by atoms with Gasteiger partial charge in [0.2, 0.25) is 0 Å². The van der Waals surface area contributed by atoms with Crippen LogP contribution in [0.1, 0.15) is 6.42 Å². The molecule has 0 aromatic heterocycles. The van der Waals surface area contributed by atoms with Gasteiger partial charge in [0, 0.05) is 20.2 Å². The summed E-state index contributed by atoms with van der Waals surface area (Å²) in [6.45, 7) is 6.89. The summed E-state index contributed by atoms with van der Waals surface area (Å²) in [5.74, 6) is -0.558. The van der Waals surface area contributed by atoms with Crippen molar-refractivity contribution in [2.75, 3.05) is 19.8 Å². The number of aliphatic hydroxyl groups excluding tert-OH is 1. The summed E-state index contributed by atoms with van der Waals surface area (Å²) in [6, 6.07) is 6.58. The average molecular weight is 355 g/mol. The number of hydrogen-bond acceptors (Lipinski definition) is 6. The van der Waals surface area contributed by atoms with Crippen LogP contribution < -0.4 is 4.74 Å². The molecule has 0 unspecified atom stereocenters. The van der Waals surface area contributed by atoms with Gasteiger partial charge in [-0.05, 0) is 24.6 Å². The van der Waals surface area contributed by atoms with Crippen LogP contribution in [-0.2, 0) is 9.53 Å². The third kappa shape index (κ3) is 7.56.